The Morgan fingerprint density at radius 2 is 0.664 bits per heavy atom. The summed E-state index contributed by atoms with van der Waals surface area (Å²) in [6.45, 7) is 38.0. The van der Waals surface area contributed by atoms with E-state index in [1.165, 1.54) is 0 Å². The number of carboxylic acid groups (broad SMARTS) is 4. The zero-order chi connectivity index (χ0) is 88.9. The van der Waals surface area contributed by atoms with Crippen LogP contribution in [0.3, 0.4) is 0 Å². The molecule has 13 N–H and O–H groups in total. The smallest absolute Gasteiger partial charge is 0.490 e. The fourth-order valence-electron chi connectivity index (χ4n) is 5.44. The second-order valence-corrected chi connectivity index (χ2v) is 29.1. The van der Waals surface area contributed by atoms with Crippen LogP contribution in [0.5, 0.6) is 0 Å². The summed E-state index contributed by atoms with van der Waals surface area (Å²) in [5.74, 6) is -11.9. The first-order chi connectivity index (χ1) is 49.4. The van der Waals surface area contributed by atoms with E-state index in [1.54, 1.807) is 96.9 Å². The molecule has 0 aromatic heterocycles. The number of alkyl carbamates (subject to hydrolysis) is 4. The van der Waals surface area contributed by atoms with Crippen LogP contribution in [0.1, 0.15) is 270 Å². The van der Waals surface area contributed by atoms with E-state index in [0.717, 1.165) is 25.8 Å². The molecule has 0 aliphatic carbocycles. The number of nitrogens with one attached hydrogen (secondary N) is 4. The number of quaternary nitrogens is 2. The van der Waals surface area contributed by atoms with Gasteiger partial charge in [-0.25, -0.2) is 38.4 Å². The highest BCUT2D eigenvalue weighted by Gasteiger charge is 2.39. The van der Waals surface area contributed by atoms with Crippen LogP contribution in [-0.4, -0.2) is 217 Å². The van der Waals surface area contributed by atoms with Crippen LogP contribution >= 0.6 is 23.2 Å². The van der Waals surface area contributed by atoms with E-state index in [9.17, 15) is 87.5 Å². The summed E-state index contributed by atoms with van der Waals surface area (Å²) >= 11 is 9.53. The van der Waals surface area contributed by atoms with Crippen LogP contribution < -0.4 is 42.9 Å². The molecule has 0 saturated heterocycles. The number of unbranched alkanes of at least 4 members (excludes halogenated alkanes) is 2. The molecule has 33 nitrogen and oxygen atoms in total. The van der Waals surface area contributed by atoms with Gasteiger partial charge in [0, 0.05) is 13.0 Å². The molecular formula is C75H153Cl2F9N6O27. The van der Waals surface area contributed by atoms with E-state index in [-0.39, 0.29) is 155 Å². The van der Waals surface area contributed by atoms with Gasteiger partial charge in [-0.15, -0.1) is 23.2 Å². The number of rotatable bonds is 30. The Hall–Kier alpha value is -7.86. The van der Waals surface area contributed by atoms with E-state index in [4.69, 9.17) is 106 Å². The van der Waals surface area contributed by atoms with E-state index in [0.29, 0.717) is 38.6 Å². The Balaban J connectivity index is -0.0000000717. The van der Waals surface area contributed by atoms with E-state index < -0.39 is 123 Å². The summed E-state index contributed by atoms with van der Waals surface area (Å²) in [5.41, 5.74) is 3.24. The number of hydrogen-bond donors (Lipinski definition) is 9. The summed E-state index contributed by atoms with van der Waals surface area (Å²) in [5, 5.41) is 51.9. The second-order valence-electron chi connectivity index (χ2n) is 28.2. The summed E-state index contributed by atoms with van der Waals surface area (Å²) in [7, 11) is 0. The Morgan fingerprint density at radius 1 is 0.403 bits per heavy atom. The molecule has 119 heavy (non-hydrogen) atoms. The lowest BCUT2D eigenvalue weighted by atomic mass is 9.91. The molecule has 0 bridgehead atoms. The first-order valence-electron chi connectivity index (χ1n) is 33.6. The number of carbonyl (C=O) groups excluding carboxylic acids is 11. The van der Waals surface area contributed by atoms with Crippen LogP contribution in [0, 0.1) is 16.2 Å². The SMILES string of the molecule is C.C.C.C.C.C.C.C.C.CC(C)(C)OC(=O)NCC(NC(=O)OC(C)(C)C)C(=O)O.CCC(C)(C)C(=O)OCCO.CCC(C)(C)C(=O)OCCOC(=O)C(CCCCNC(=O)OC(C)(C)C)NC(=O)OC(C)(C)C.CCC(C)(C)C(=O)OCCOC(=O)C([NH3+])CCCC[NH3+].ClCCl.O=C(O)C(F)(F)F.O=C([O-])C(F)(F)F.O=C([O-])C(F)(F)F. The molecule has 0 heterocycles. The number of carboxylic acids is 4. The zero-order valence-corrected chi connectivity index (χ0v) is 67.9. The third kappa shape index (κ3) is 101. The summed E-state index contributed by atoms with van der Waals surface area (Å²) in [6, 6.07) is -2.61. The van der Waals surface area contributed by atoms with Gasteiger partial charge < -0.3 is 110 Å². The van der Waals surface area contributed by atoms with Crippen molar-refractivity contribution in [2.24, 2.45) is 16.2 Å². The van der Waals surface area contributed by atoms with Crippen molar-refractivity contribution in [1.82, 2.24) is 21.3 Å². The van der Waals surface area contributed by atoms with Gasteiger partial charge in [-0.3, -0.25) is 14.4 Å². The molecule has 0 aromatic rings. The number of alkyl halides is 11. The Bertz CT molecular complexity index is 2670. The van der Waals surface area contributed by atoms with Crippen LogP contribution in [0.2, 0.25) is 0 Å². The predicted octanol–water partition coefficient (Wildman–Crippen LogP) is 12.5. The average molecular weight is 1810 g/mol. The quantitative estimate of drug-likeness (QED) is 0.0106. The fraction of sp³-hybridized carbons (Fsp3) is 0.827. The Labute approximate surface area is 711 Å². The third-order valence-electron chi connectivity index (χ3n) is 12.2. The van der Waals surface area contributed by atoms with Crippen LogP contribution in [-0.2, 0) is 85.8 Å². The maximum Gasteiger partial charge on any atom is 0.490 e. The van der Waals surface area contributed by atoms with Gasteiger partial charge in [-0.1, -0.05) is 87.6 Å². The number of aliphatic carboxylic acids is 4. The Morgan fingerprint density at radius 3 is 0.924 bits per heavy atom. The molecule has 3 atom stereocenters. The molecule has 4 amide bonds. The van der Waals surface area contributed by atoms with Gasteiger partial charge in [0.05, 0.1) is 41.3 Å². The maximum absolute atomic E-state index is 12.5. The highest BCUT2D eigenvalue weighted by molar-refractivity contribution is 6.40. The number of carbonyl (C=O) groups is 13. The highest BCUT2D eigenvalue weighted by atomic mass is 35.5. The topological polar surface area (TPSA) is 515 Å². The first-order valence-corrected chi connectivity index (χ1v) is 34.7. The van der Waals surface area contributed by atoms with Crippen molar-refractivity contribution >= 4 is 101 Å². The van der Waals surface area contributed by atoms with Crippen molar-refractivity contribution in [2.75, 3.05) is 64.6 Å². The summed E-state index contributed by atoms with van der Waals surface area (Å²) in [4.78, 5) is 143. The normalized spacial score (nSPS) is 11.3. The molecule has 0 radical (unpaired) electrons. The lowest BCUT2D eigenvalue weighted by Crippen LogP contribution is -2.65. The standard InChI is InChI=1S/C24H44N2O8.C14H28N2O4.C13H24N2O6.C8H16O3.3C2HF3O2.CH2Cl2.9CH4/c1-10-24(8,9)19(28)32-16-15-31-18(27)17(26-21(30)34-23(5,6)7)13-11-12-14-25-20(29)33-22(2,3)4;1-4-14(2,3)13(18)20-10-9-19-12(17)11(16)7-5-6-8-15;1-12(2,3)20-10(18)14-7-8(9(16)17)15-11(19)21-13(4,5)6;1-4-8(2,3)7(10)11-6-5-9;3*3-2(4,5)1(6)7;2-1-3;;;;;;;;;/h17H,10-16H2,1-9H3,(H,25,29)(H,26,30);11H,4-10,15-16H2,1-3H3;8H,7H2,1-6H3,(H,14,18)(H,15,19)(H,16,17);9H,4-6H2,1-3H3;3*(H,6,7);1H2;9*1H4. The van der Waals surface area contributed by atoms with E-state index in [2.05, 4.69) is 32.7 Å². The van der Waals surface area contributed by atoms with Gasteiger partial charge in [0.1, 0.15) is 79.5 Å². The molecule has 0 aliphatic heterocycles. The summed E-state index contributed by atoms with van der Waals surface area (Å²) in [6.07, 6.45) is -12.3. The van der Waals surface area contributed by atoms with Crippen molar-refractivity contribution < 1.29 is 181 Å². The predicted molar refractivity (Wildman–Crippen MR) is 432 cm³/mol. The zero-order valence-electron chi connectivity index (χ0n) is 66.4. The molecule has 0 rings (SSSR count). The number of aliphatic hydroxyl groups excluding tert-OH is 1. The second kappa shape index (κ2) is 75.1. The molecule has 3 unspecified atom stereocenters. The van der Waals surface area contributed by atoms with Gasteiger partial charge >= 0.3 is 84.7 Å². The first kappa shape index (κ1) is 152. The highest BCUT2D eigenvalue weighted by Crippen LogP contribution is 2.24. The maximum atomic E-state index is 12.5. The van der Waals surface area contributed by atoms with Crippen LogP contribution in [0.4, 0.5) is 58.7 Å². The molecular weight excluding hydrogens is 1660 g/mol. The van der Waals surface area contributed by atoms with Crippen molar-refractivity contribution in [3.05, 3.63) is 0 Å². The van der Waals surface area contributed by atoms with Gasteiger partial charge in [-0.2, -0.15) is 39.5 Å². The monoisotopic (exact) mass is 1810 g/mol. The van der Waals surface area contributed by atoms with E-state index in [1.807, 2.05) is 48.5 Å². The van der Waals surface area contributed by atoms with Gasteiger partial charge in [0.25, 0.3) is 0 Å². The van der Waals surface area contributed by atoms with Crippen molar-refractivity contribution in [2.45, 2.75) is 329 Å². The minimum absolute atomic E-state index is 0. The molecule has 722 valence electrons. The van der Waals surface area contributed by atoms with Crippen LogP contribution in [0.25, 0.3) is 0 Å². The number of aliphatic hydroxyl groups is 1. The molecule has 44 heteroatoms. The van der Waals surface area contributed by atoms with Gasteiger partial charge in [0.15, 0.2) is 6.04 Å². The minimum atomic E-state index is -5.19. The van der Waals surface area contributed by atoms with Crippen molar-refractivity contribution in [3.63, 3.8) is 0 Å². The number of halogens is 11. The Kier molecular flexibility index (Phi) is 96.1. The number of amides is 4. The minimum Gasteiger partial charge on any atom is -0.542 e. The summed E-state index contributed by atoms with van der Waals surface area (Å²) < 4.78 is 140. The van der Waals surface area contributed by atoms with Crippen LogP contribution in [0.15, 0.2) is 0 Å². The largest absolute Gasteiger partial charge is 0.542 e. The van der Waals surface area contributed by atoms with Crippen molar-refractivity contribution in [3.8, 4) is 0 Å². The molecule has 0 spiro atoms. The molecule has 0 fully saturated rings. The third-order valence-corrected chi connectivity index (χ3v) is 12.2. The molecule has 0 aromatic carbocycles. The van der Waals surface area contributed by atoms with Gasteiger partial charge in [0.2, 0.25) is 0 Å². The average Bonchev–Trinajstić information content (AvgIpc) is 0.904. The number of hydrogen-bond acceptors (Lipinski definition) is 25. The fourth-order valence-corrected chi connectivity index (χ4v) is 5.44. The molecule has 0 saturated carbocycles. The lowest BCUT2D eigenvalue weighted by molar-refractivity contribution is -0.410. The molecule has 0 aliphatic rings. The number of esters is 5. The lowest BCUT2D eigenvalue weighted by Gasteiger charge is -2.23. The van der Waals surface area contributed by atoms with Crippen molar-refractivity contribution in [1.29, 1.82) is 0 Å². The van der Waals surface area contributed by atoms with Gasteiger partial charge in [-0.05, 0) is 176 Å². The number of ether oxygens (including phenoxy) is 9. The van der Waals surface area contributed by atoms with E-state index >= 15 is 0 Å².